The van der Waals surface area contributed by atoms with E-state index in [1.807, 2.05) is 43.7 Å². The highest BCUT2D eigenvalue weighted by molar-refractivity contribution is 6.45. The fraction of sp³-hybridized carbons (Fsp3) is 0.409. The summed E-state index contributed by atoms with van der Waals surface area (Å²) in [5.74, 6) is 0.741. The van der Waals surface area contributed by atoms with Crippen LogP contribution in [-0.2, 0) is 4.74 Å². The van der Waals surface area contributed by atoms with Gasteiger partial charge in [0.15, 0.2) is 0 Å². The lowest BCUT2D eigenvalue weighted by molar-refractivity contribution is 0.0205. The molecule has 1 fully saturated rings. The average molecular weight is 462 g/mol. The topological polar surface area (TPSA) is 86.3 Å². The zero-order valence-electron chi connectivity index (χ0n) is 17.7. The number of nitrogens with zero attached hydrogens (tertiary/aromatic N) is 4. The number of nitrogens with two attached hydrogens (primary N) is 1. The van der Waals surface area contributed by atoms with E-state index in [9.17, 15) is 4.79 Å². The van der Waals surface area contributed by atoms with Crippen molar-refractivity contribution in [3.05, 3.63) is 47.0 Å². The van der Waals surface area contributed by atoms with Crippen molar-refractivity contribution in [1.82, 2.24) is 14.5 Å². The Morgan fingerprint density at radius 2 is 2.10 bits per heavy atom. The third kappa shape index (κ3) is 4.16. The second-order valence-electron chi connectivity index (χ2n) is 8.85. The fourth-order valence-electron chi connectivity index (χ4n) is 4.31. The molecular weight excluding hydrogens is 437 g/mol. The second-order valence-corrected chi connectivity index (χ2v) is 9.64. The lowest BCUT2D eigenvalue weighted by Crippen LogP contribution is -2.49. The van der Waals surface area contributed by atoms with Gasteiger partial charge in [-0.15, -0.1) is 0 Å². The molecule has 1 unspecified atom stereocenters. The Kier molecular flexibility index (Phi) is 5.75. The minimum atomic E-state index is -0.771. The number of carbonyl (C=O) groups is 1. The van der Waals surface area contributed by atoms with E-state index in [1.165, 1.54) is 0 Å². The van der Waals surface area contributed by atoms with E-state index in [2.05, 4.69) is 9.88 Å². The maximum atomic E-state index is 11.6. The number of primary amides is 1. The molecule has 3 aromatic rings. The van der Waals surface area contributed by atoms with Crippen LogP contribution >= 0.6 is 23.2 Å². The van der Waals surface area contributed by atoms with Crippen LogP contribution in [0.3, 0.4) is 0 Å². The van der Waals surface area contributed by atoms with E-state index >= 15 is 0 Å². The zero-order valence-corrected chi connectivity index (χ0v) is 19.2. The van der Waals surface area contributed by atoms with Crippen LogP contribution in [0.1, 0.15) is 33.6 Å². The number of hydrogen-bond donors (Lipinski definition) is 1. The van der Waals surface area contributed by atoms with Gasteiger partial charge < -0.3 is 19.9 Å². The summed E-state index contributed by atoms with van der Waals surface area (Å²) >= 11 is 12.9. The smallest absolute Gasteiger partial charge is 0.404 e. The number of imidazole rings is 1. The average Bonchev–Trinajstić information content (AvgIpc) is 3.39. The number of amides is 1. The van der Waals surface area contributed by atoms with Gasteiger partial charge in [-0.25, -0.2) is 14.8 Å². The highest BCUT2D eigenvalue weighted by Crippen LogP contribution is 2.39. The lowest BCUT2D eigenvalue weighted by Gasteiger charge is -2.39. The van der Waals surface area contributed by atoms with Crippen LogP contribution in [0.4, 0.5) is 10.6 Å². The molecule has 0 aliphatic carbocycles. The number of ether oxygens (including phenoxy) is 1. The number of hydrogen-bond acceptors (Lipinski definition) is 5. The van der Waals surface area contributed by atoms with Crippen molar-refractivity contribution < 1.29 is 9.53 Å². The molecule has 1 amide bonds. The fourth-order valence-corrected chi connectivity index (χ4v) is 4.67. The van der Waals surface area contributed by atoms with E-state index in [0.717, 1.165) is 36.3 Å². The lowest BCUT2D eigenvalue weighted by atomic mass is 9.83. The van der Waals surface area contributed by atoms with Gasteiger partial charge in [0.1, 0.15) is 11.9 Å². The molecule has 4 rings (SSSR count). The predicted molar refractivity (Wildman–Crippen MR) is 123 cm³/mol. The largest absolute Gasteiger partial charge is 0.444 e. The summed E-state index contributed by atoms with van der Waals surface area (Å²) in [5, 5.41) is 1.71. The van der Waals surface area contributed by atoms with Gasteiger partial charge >= 0.3 is 6.09 Å². The van der Waals surface area contributed by atoms with Crippen molar-refractivity contribution in [1.29, 1.82) is 0 Å². The van der Waals surface area contributed by atoms with Gasteiger partial charge in [0, 0.05) is 35.8 Å². The van der Waals surface area contributed by atoms with Gasteiger partial charge in [-0.1, -0.05) is 44.0 Å². The Hall–Kier alpha value is -2.51. The molecule has 31 heavy (non-hydrogen) atoms. The van der Waals surface area contributed by atoms with Gasteiger partial charge in [-0.3, -0.25) is 0 Å². The summed E-state index contributed by atoms with van der Waals surface area (Å²) in [4.78, 5) is 22.9. The third-order valence-corrected chi connectivity index (χ3v) is 6.45. The third-order valence-electron chi connectivity index (χ3n) is 5.66. The van der Waals surface area contributed by atoms with Crippen LogP contribution in [0, 0.1) is 5.41 Å². The van der Waals surface area contributed by atoms with Crippen LogP contribution in [0.2, 0.25) is 10.0 Å². The maximum Gasteiger partial charge on any atom is 0.404 e. The molecule has 3 heterocycles. The molecule has 1 aliphatic rings. The molecule has 2 N–H and O–H groups in total. The van der Waals surface area contributed by atoms with Crippen LogP contribution in [0.5, 0.6) is 0 Å². The standard InChI is InChI=1S/C22H25Cl2N5O2/c1-22(2,3)20(31-21(25)30)15-5-4-9-29(15)17-11-16(28-10-8-26-12-28)13-6-7-14(23)18(24)19(13)27-17/h6-8,10-12,15,20H,4-5,9H2,1-3H3,(H2,25,30)/t15?,20-/m1/s1. The maximum absolute atomic E-state index is 11.6. The molecule has 1 aromatic carbocycles. The first-order valence-electron chi connectivity index (χ1n) is 10.2. The van der Waals surface area contributed by atoms with Gasteiger partial charge in [-0.2, -0.15) is 0 Å². The Bertz CT molecular complexity index is 1110. The molecule has 0 radical (unpaired) electrons. The molecule has 1 saturated heterocycles. The minimum Gasteiger partial charge on any atom is -0.444 e. The second kappa shape index (κ2) is 8.20. The van der Waals surface area contributed by atoms with Crippen molar-refractivity contribution in [2.45, 2.75) is 45.8 Å². The van der Waals surface area contributed by atoms with E-state index in [-0.39, 0.29) is 11.5 Å². The number of benzene rings is 1. The van der Waals surface area contributed by atoms with E-state index in [4.69, 9.17) is 38.7 Å². The van der Waals surface area contributed by atoms with Crippen molar-refractivity contribution in [3.63, 3.8) is 0 Å². The summed E-state index contributed by atoms with van der Waals surface area (Å²) in [5.41, 5.74) is 6.61. The zero-order chi connectivity index (χ0) is 22.3. The molecule has 2 aromatic heterocycles. The monoisotopic (exact) mass is 461 g/mol. The Morgan fingerprint density at radius 3 is 2.74 bits per heavy atom. The predicted octanol–water partition coefficient (Wildman–Crippen LogP) is 5.21. The van der Waals surface area contributed by atoms with Crippen LogP contribution in [0.15, 0.2) is 36.9 Å². The highest BCUT2D eigenvalue weighted by atomic mass is 35.5. The first-order chi connectivity index (χ1) is 14.7. The number of fused-ring (bicyclic) bond motifs is 1. The molecule has 0 bridgehead atoms. The number of aromatic nitrogens is 3. The van der Waals surface area contributed by atoms with Gasteiger partial charge in [0.2, 0.25) is 0 Å². The Morgan fingerprint density at radius 1 is 1.32 bits per heavy atom. The first-order valence-corrected chi connectivity index (χ1v) is 10.9. The summed E-state index contributed by atoms with van der Waals surface area (Å²) < 4.78 is 7.51. The van der Waals surface area contributed by atoms with E-state index < -0.39 is 12.2 Å². The van der Waals surface area contributed by atoms with Crippen molar-refractivity contribution in [2.24, 2.45) is 11.1 Å². The Labute approximate surface area is 191 Å². The SMILES string of the molecule is CC(C)(C)[C@H](OC(N)=O)C1CCCN1c1cc(-n2ccnc2)c2ccc(Cl)c(Cl)c2n1. The molecule has 1 aliphatic heterocycles. The molecule has 2 atom stereocenters. The molecular formula is C22H25Cl2N5O2. The highest BCUT2D eigenvalue weighted by Gasteiger charge is 2.41. The number of anilines is 1. The van der Waals surface area contributed by atoms with E-state index in [1.54, 1.807) is 18.6 Å². The molecule has 164 valence electrons. The first kappa shape index (κ1) is 21.7. The van der Waals surface area contributed by atoms with Crippen LogP contribution in [0.25, 0.3) is 16.6 Å². The number of pyridine rings is 1. The summed E-state index contributed by atoms with van der Waals surface area (Å²) in [6, 6.07) is 5.62. The van der Waals surface area contributed by atoms with Crippen molar-refractivity contribution >= 4 is 46.0 Å². The number of carbonyl (C=O) groups excluding carboxylic acids is 1. The van der Waals surface area contributed by atoms with Crippen LogP contribution in [-0.4, -0.2) is 39.3 Å². The number of halogens is 2. The Balaban J connectivity index is 1.87. The van der Waals surface area contributed by atoms with Crippen molar-refractivity contribution in [2.75, 3.05) is 11.4 Å². The minimum absolute atomic E-state index is 0.0638. The summed E-state index contributed by atoms with van der Waals surface area (Å²) in [6.45, 7) is 6.90. The number of rotatable bonds is 4. The van der Waals surface area contributed by atoms with Gasteiger partial charge in [0.25, 0.3) is 0 Å². The molecule has 0 saturated carbocycles. The molecule has 7 nitrogen and oxygen atoms in total. The van der Waals surface area contributed by atoms with Gasteiger partial charge in [-0.05, 0) is 25.0 Å². The van der Waals surface area contributed by atoms with E-state index in [0.29, 0.717) is 15.6 Å². The summed E-state index contributed by atoms with van der Waals surface area (Å²) in [6.07, 6.45) is 5.97. The van der Waals surface area contributed by atoms with Crippen LogP contribution < -0.4 is 10.6 Å². The quantitative estimate of drug-likeness (QED) is 0.576. The normalized spacial score (nSPS) is 17.8. The van der Waals surface area contributed by atoms with Gasteiger partial charge in [0.05, 0.1) is 33.6 Å². The molecule has 9 heteroatoms. The van der Waals surface area contributed by atoms with Crippen molar-refractivity contribution in [3.8, 4) is 5.69 Å². The summed E-state index contributed by atoms with van der Waals surface area (Å²) in [7, 11) is 0. The molecule has 0 spiro atoms.